The molecule has 0 aliphatic heterocycles. The van der Waals surface area contributed by atoms with Crippen LogP contribution in [-0.4, -0.2) is 19.0 Å². The van der Waals surface area contributed by atoms with E-state index in [0.717, 1.165) is 11.1 Å². The Hall–Kier alpha value is -3.60. The van der Waals surface area contributed by atoms with E-state index in [0.29, 0.717) is 22.6 Å². The minimum Gasteiger partial charge on any atom is -0.495 e. The highest BCUT2D eigenvalue weighted by molar-refractivity contribution is 5.99. The van der Waals surface area contributed by atoms with Gasteiger partial charge in [-0.1, -0.05) is 69.3 Å². The van der Waals surface area contributed by atoms with Crippen LogP contribution in [0.15, 0.2) is 72.8 Å². The summed E-state index contributed by atoms with van der Waals surface area (Å²) in [6.07, 6.45) is -1.11. The smallest absolute Gasteiger partial charge is 0.339 e. The molecule has 0 heterocycles. The maximum absolute atomic E-state index is 13.2. The lowest BCUT2D eigenvalue weighted by Gasteiger charge is -2.20. The van der Waals surface area contributed by atoms with Crippen molar-refractivity contribution in [3.8, 4) is 5.75 Å². The topological polar surface area (TPSA) is 64.6 Å². The number of esters is 1. The Morgan fingerprint density at radius 2 is 1.56 bits per heavy atom. The number of anilines is 1. The molecule has 0 radical (unpaired) electrons. The molecule has 0 saturated heterocycles. The van der Waals surface area contributed by atoms with E-state index in [1.807, 2.05) is 37.3 Å². The predicted octanol–water partition coefficient (Wildman–Crippen LogP) is 5.84. The first-order valence-corrected chi connectivity index (χ1v) is 10.5. The molecule has 0 aromatic heterocycles. The molecule has 166 valence electrons. The number of ether oxygens (including phenoxy) is 2. The molecular formula is C27H29NO4. The fraction of sp³-hybridized carbons (Fsp3) is 0.259. The number of amides is 1. The molecule has 3 rings (SSSR count). The molecular weight excluding hydrogens is 402 g/mol. The first kappa shape index (κ1) is 23.1. The van der Waals surface area contributed by atoms with Crippen molar-refractivity contribution in [2.75, 3.05) is 12.4 Å². The molecule has 1 atom stereocenters. The van der Waals surface area contributed by atoms with Gasteiger partial charge < -0.3 is 14.8 Å². The summed E-state index contributed by atoms with van der Waals surface area (Å²) in [6.45, 7) is 8.24. The zero-order chi connectivity index (χ0) is 23.3. The van der Waals surface area contributed by atoms with Crippen molar-refractivity contribution in [2.45, 2.75) is 39.2 Å². The summed E-state index contributed by atoms with van der Waals surface area (Å²) in [7, 11) is 1.54. The van der Waals surface area contributed by atoms with Gasteiger partial charge in [-0.05, 0) is 47.7 Å². The highest BCUT2D eigenvalue weighted by Crippen LogP contribution is 2.28. The Kier molecular flexibility index (Phi) is 6.98. The average molecular weight is 432 g/mol. The van der Waals surface area contributed by atoms with Crippen molar-refractivity contribution in [2.24, 2.45) is 0 Å². The van der Waals surface area contributed by atoms with Crippen LogP contribution in [0.5, 0.6) is 5.75 Å². The van der Waals surface area contributed by atoms with E-state index in [1.54, 1.807) is 42.5 Å². The molecule has 0 spiro atoms. The van der Waals surface area contributed by atoms with Crippen LogP contribution in [0, 0.1) is 6.92 Å². The molecule has 32 heavy (non-hydrogen) atoms. The number of benzene rings is 3. The van der Waals surface area contributed by atoms with Crippen LogP contribution >= 0.6 is 0 Å². The van der Waals surface area contributed by atoms with Gasteiger partial charge in [-0.3, -0.25) is 4.79 Å². The van der Waals surface area contributed by atoms with Gasteiger partial charge in [0.1, 0.15) is 5.75 Å². The summed E-state index contributed by atoms with van der Waals surface area (Å²) in [5.74, 6) is -0.495. The van der Waals surface area contributed by atoms with Gasteiger partial charge in [-0.2, -0.15) is 0 Å². The predicted molar refractivity (Wildman–Crippen MR) is 126 cm³/mol. The second-order valence-corrected chi connectivity index (χ2v) is 8.72. The van der Waals surface area contributed by atoms with Crippen LogP contribution in [0.2, 0.25) is 0 Å². The Labute approximate surface area is 189 Å². The number of hydrogen-bond donors (Lipinski definition) is 1. The van der Waals surface area contributed by atoms with E-state index in [2.05, 4.69) is 26.1 Å². The molecule has 0 fully saturated rings. The normalized spacial score (nSPS) is 12.0. The molecule has 0 aliphatic carbocycles. The van der Waals surface area contributed by atoms with E-state index in [-0.39, 0.29) is 5.41 Å². The highest BCUT2D eigenvalue weighted by atomic mass is 16.5. The zero-order valence-electron chi connectivity index (χ0n) is 19.1. The van der Waals surface area contributed by atoms with E-state index < -0.39 is 18.0 Å². The largest absolute Gasteiger partial charge is 0.495 e. The second-order valence-electron chi connectivity index (χ2n) is 8.72. The Balaban J connectivity index is 1.86. The van der Waals surface area contributed by atoms with Gasteiger partial charge in [0.2, 0.25) is 6.10 Å². The molecule has 3 aromatic rings. The molecule has 5 heteroatoms. The van der Waals surface area contributed by atoms with Crippen LogP contribution in [-0.2, 0) is 14.9 Å². The van der Waals surface area contributed by atoms with Crippen molar-refractivity contribution in [1.29, 1.82) is 0 Å². The second kappa shape index (κ2) is 9.69. The lowest BCUT2D eigenvalue weighted by Crippen LogP contribution is -2.26. The first-order valence-electron chi connectivity index (χ1n) is 10.5. The van der Waals surface area contributed by atoms with Crippen LogP contribution in [0.4, 0.5) is 5.69 Å². The Bertz CT molecular complexity index is 1080. The van der Waals surface area contributed by atoms with Gasteiger partial charge in [-0.25, -0.2) is 4.79 Å². The number of carbonyl (C=O) groups excluding carboxylic acids is 2. The van der Waals surface area contributed by atoms with E-state index in [9.17, 15) is 9.59 Å². The first-order chi connectivity index (χ1) is 15.2. The molecule has 1 amide bonds. The van der Waals surface area contributed by atoms with Gasteiger partial charge >= 0.3 is 5.97 Å². The molecule has 1 N–H and O–H groups in total. The number of hydrogen-bond acceptors (Lipinski definition) is 4. The number of nitrogens with one attached hydrogen (secondary N) is 1. The number of methoxy groups -OCH3 is 1. The third kappa shape index (κ3) is 5.55. The molecule has 0 bridgehead atoms. The summed E-state index contributed by atoms with van der Waals surface area (Å²) in [5.41, 5.74) is 3.54. The van der Waals surface area contributed by atoms with Gasteiger partial charge in [0.25, 0.3) is 5.91 Å². The van der Waals surface area contributed by atoms with Crippen molar-refractivity contribution in [1.82, 2.24) is 0 Å². The molecule has 3 aromatic carbocycles. The third-order valence-corrected chi connectivity index (χ3v) is 5.16. The van der Waals surface area contributed by atoms with Gasteiger partial charge in [0, 0.05) is 5.56 Å². The van der Waals surface area contributed by atoms with Crippen LogP contribution in [0.25, 0.3) is 0 Å². The van der Waals surface area contributed by atoms with Crippen molar-refractivity contribution in [3.05, 3.63) is 95.1 Å². The highest BCUT2D eigenvalue weighted by Gasteiger charge is 2.27. The Morgan fingerprint density at radius 1 is 0.906 bits per heavy atom. The van der Waals surface area contributed by atoms with E-state index >= 15 is 0 Å². The average Bonchev–Trinajstić information content (AvgIpc) is 2.77. The van der Waals surface area contributed by atoms with Gasteiger partial charge in [-0.15, -0.1) is 0 Å². The monoisotopic (exact) mass is 431 g/mol. The van der Waals surface area contributed by atoms with Crippen molar-refractivity contribution in [3.63, 3.8) is 0 Å². The van der Waals surface area contributed by atoms with Crippen molar-refractivity contribution < 1.29 is 19.1 Å². The van der Waals surface area contributed by atoms with Crippen molar-refractivity contribution >= 4 is 17.6 Å². The molecule has 5 nitrogen and oxygen atoms in total. The van der Waals surface area contributed by atoms with E-state index in [1.165, 1.54) is 7.11 Å². The fourth-order valence-electron chi connectivity index (χ4n) is 3.30. The van der Waals surface area contributed by atoms with Crippen LogP contribution < -0.4 is 10.1 Å². The summed E-state index contributed by atoms with van der Waals surface area (Å²) < 4.78 is 11.0. The summed E-state index contributed by atoms with van der Waals surface area (Å²) in [4.78, 5) is 26.1. The number of carbonyl (C=O) groups is 2. The summed E-state index contributed by atoms with van der Waals surface area (Å²) in [5, 5.41) is 2.85. The fourth-order valence-corrected chi connectivity index (χ4v) is 3.30. The molecule has 0 unspecified atom stereocenters. The number of aryl methyl sites for hydroxylation is 1. The van der Waals surface area contributed by atoms with E-state index in [4.69, 9.17) is 9.47 Å². The minimum absolute atomic E-state index is 0.0260. The standard InChI is InChI=1S/C27H29NO4/c1-18-11-16-23(31-5)22(17-18)28-25(29)24(19-9-7-6-8-10-19)32-26(30)20-12-14-21(15-13-20)27(2,3)4/h6-17,24H,1-5H3,(H,28,29)/t24-/m0/s1. The summed E-state index contributed by atoms with van der Waals surface area (Å²) >= 11 is 0. The summed E-state index contributed by atoms with van der Waals surface area (Å²) in [6, 6.07) is 21.7. The Morgan fingerprint density at radius 3 is 2.16 bits per heavy atom. The van der Waals surface area contributed by atoms with Crippen LogP contribution in [0.1, 0.15) is 53.9 Å². The SMILES string of the molecule is COc1ccc(C)cc1NC(=O)[C@@H](OC(=O)c1ccc(C(C)(C)C)cc1)c1ccccc1. The van der Waals surface area contributed by atoms with Gasteiger partial charge in [0.05, 0.1) is 18.4 Å². The minimum atomic E-state index is -1.11. The van der Waals surface area contributed by atoms with Crippen LogP contribution in [0.3, 0.4) is 0 Å². The third-order valence-electron chi connectivity index (χ3n) is 5.16. The quantitative estimate of drug-likeness (QED) is 0.498. The van der Waals surface area contributed by atoms with Gasteiger partial charge in [0.15, 0.2) is 0 Å². The molecule has 0 saturated carbocycles. The maximum Gasteiger partial charge on any atom is 0.339 e. The zero-order valence-corrected chi connectivity index (χ0v) is 19.1. The molecule has 0 aliphatic rings. The lowest BCUT2D eigenvalue weighted by atomic mass is 9.87. The maximum atomic E-state index is 13.2. The number of rotatable bonds is 6. The lowest BCUT2D eigenvalue weighted by molar-refractivity contribution is -0.125.